The van der Waals surface area contributed by atoms with Crippen molar-refractivity contribution in [2.75, 3.05) is 10.2 Å². The molecule has 0 unspecified atom stereocenters. The van der Waals surface area contributed by atoms with Crippen LogP contribution in [0.4, 0.5) is 22.7 Å². The van der Waals surface area contributed by atoms with E-state index in [2.05, 4.69) is 97.1 Å². The summed E-state index contributed by atoms with van der Waals surface area (Å²) in [7, 11) is 0. The minimum absolute atomic E-state index is 0.702. The van der Waals surface area contributed by atoms with Crippen LogP contribution in [-0.2, 0) is 0 Å². The first-order chi connectivity index (χ1) is 26.8. The zero-order valence-corrected chi connectivity index (χ0v) is 29.5. The molecule has 0 heterocycles. The van der Waals surface area contributed by atoms with Gasteiger partial charge in [0.25, 0.3) is 0 Å². The maximum atomic E-state index is 4.82. The zero-order valence-electron chi connectivity index (χ0n) is 29.5. The number of rotatable bonds is 11. The summed E-state index contributed by atoms with van der Waals surface area (Å²) in [5, 5.41) is 22.4. The molecule has 8 aromatic carbocycles. The lowest BCUT2D eigenvalue weighted by atomic mass is 10.1. The third kappa shape index (κ3) is 8.04. The van der Waals surface area contributed by atoms with Gasteiger partial charge in [-0.3, -0.25) is 0 Å². The third-order valence-electron chi connectivity index (χ3n) is 9.03. The van der Waals surface area contributed by atoms with Gasteiger partial charge in [0, 0.05) is 0 Å². The Hall–Kier alpha value is -7.44. The molecule has 0 amide bonds. The normalized spacial score (nSPS) is 11.2. The molecule has 0 saturated heterocycles. The second-order valence-electron chi connectivity index (χ2n) is 12.6. The van der Waals surface area contributed by atoms with Crippen LogP contribution in [0.5, 0.6) is 0 Å². The largest absolute Gasteiger partial charge is 0.131 e. The lowest BCUT2D eigenvalue weighted by Gasteiger charge is -2.28. The Balaban J connectivity index is 1.18. The highest BCUT2D eigenvalue weighted by Crippen LogP contribution is 2.32. The number of hydrogen-bond donors (Lipinski definition) is 0. The van der Waals surface area contributed by atoms with Crippen LogP contribution in [0, 0.1) is 0 Å². The van der Waals surface area contributed by atoms with E-state index in [0.717, 1.165) is 55.9 Å². The summed E-state index contributed by atoms with van der Waals surface area (Å²) < 4.78 is 0. The van der Waals surface area contributed by atoms with Gasteiger partial charge in [0.1, 0.15) is 0 Å². The van der Waals surface area contributed by atoms with Crippen LogP contribution in [0.15, 0.2) is 239 Å². The molecule has 0 bridgehead atoms. The van der Waals surface area contributed by atoms with Gasteiger partial charge in [-0.05, 0) is 103 Å². The van der Waals surface area contributed by atoms with Crippen molar-refractivity contribution in [1.82, 2.24) is 0 Å². The van der Waals surface area contributed by atoms with Gasteiger partial charge in [-0.1, -0.05) is 170 Å². The highest BCUT2D eigenvalue weighted by atomic mass is 15.9. The van der Waals surface area contributed by atoms with E-state index in [1.807, 2.05) is 121 Å². The maximum Gasteiger partial charge on any atom is 0.0875 e. The van der Waals surface area contributed by atoms with E-state index in [4.69, 9.17) is 20.7 Å². The first-order valence-corrected chi connectivity index (χ1v) is 17.8. The Morgan fingerprint density at radius 2 is 0.444 bits per heavy atom. The fourth-order valence-electron chi connectivity index (χ4n) is 6.12. The Morgan fingerprint density at radius 3 is 0.704 bits per heavy atom. The molecule has 258 valence electrons. The van der Waals surface area contributed by atoms with E-state index in [1.165, 1.54) is 0 Å². The molecule has 0 aliphatic rings. The summed E-state index contributed by atoms with van der Waals surface area (Å²) in [6.07, 6.45) is 0. The van der Waals surface area contributed by atoms with Gasteiger partial charge in [0.2, 0.25) is 0 Å². The van der Waals surface area contributed by atoms with Crippen LogP contribution in [0.2, 0.25) is 0 Å². The zero-order chi connectivity index (χ0) is 36.4. The molecule has 0 aliphatic heterocycles. The molecule has 6 heteroatoms. The van der Waals surface area contributed by atoms with Crippen LogP contribution < -0.4 is 10.2 Å². The van der Waals surface area contributed by atoms with Crippen LogP contribution in [-0.4, -0.2) is 0 Å². The molecule has 0 spiro atoms. The van der Waals surface area contributed by atoms with Gasteiger partial charge in [-0.15, -0.1) is 20.5 Å². The molecule has 8 rings (SSSR count). The minimum atomic E-state index is 0.702. The molecule has 0 radical (unpaired) electrons. The SMILES string of the molecule is c1ccc(-c2ccc(N=NN(c3ccc(-c4ccccc4)cc3)N(N=Nc3ccc(-c4ccccc4)cc3)c3ccc(-c4ccccc4)cc3)cc2)cc1. The molecule has 54 heavy (non-hydrogen) atoms. The first kappa shape index (κ1) is 33.7. The molecular weight excluding hydrogens is 661 g/mol. The van der Waals surface area contributed by atoms with Gasteiger partial charge in [0.15, 0.2) is 0 Å². The summed E-state index contributed by atoms with van der Waals surface area (Å²) in [6.45, 7) is 0. The van der Waals surface area contributed by atoms with Crippen molar-refractivity contribution < 1.29 is 0 Å². The predicted octanol–water partition coefficient (Wildman–Crippen LogP) is 14.0. The van der Waals surface area contributed by atoms with Gasteiger partial charge in [-0.2, -0.15) is 0 Å². The smallest absolute Gasteiger partial charge is 0.0875 e. The van der Waals surface area contributed by atoms with Crippen molar-refractivity contribution in [3.63, 3.8) is 0 Å². The summed E-state index contributed by atoms with van der Waals surface area (Å²) in [5.41, 5.74) is 11.8. The van der Waals surface area contributed by atoms with Crippen LogP contribution >= 0.6 is 0 Å². The quantitative estimate of drug-likeness (QED) is 0.0998. The van der Waals surface area contributed by atoms with Crippen molar-refractivity contribution in [3.8, 4) is 44.5 Å². The number of benzene rings is 8. The standard InChI is InChI=1S/C48H36N6/c1-5-13-37(14-6-1)41-21-29-45(30-22-41)49-51-53(47-33-25-43(26-34-47)39-17-9-3-10-18-39)54(48-35-27-44(28-36-48)40-19-11-4-12-20-40)52-50-46-31-23-42(24-32-46)38-15-7-2-8-16-38/h1-36H. The molecule has 0 aliphatic carbocycles. The highest BCUT2D eigenvalue weighted by Gasteiger charge is 2.19. The van der Waals surface area contributed by atoms with Gasteiger partial charge in [-0.25, -0.2) is 0 Å². The van der Waals surface area contributed by atoms with E-state index in [0.29, 0.717) is 11.4 Å². The second-order valence-corrected chi connectivity index (χ2v) is 12.6. The lowest BCUT2D eigenvalue weighted by molar-refractivity contribution is 0.716. The van der Waals surface area contributed by atoms with Crippen molar-refractivity contribution in [2.45, 2.75) is 0 Å². The van der Waals surface area contributed by atoms with Gasteiger partial charge >= 0.3 is 0 Å². The van der Waals surface area contributed by atoms with E-state index in [1.54, 1.807) is 10.2 Å². The summed E-state index contributed by atoms with van der Waals surface area (Å²) >= 11 is 0. The van der Waals surface area contributed by atoms with E-state index < -0.39 is 0 Å². The summed E-state index contributed by atoms with van der Waals surface area (Å²) in [4.78, 5) is 0. The van der Waals surface area contributed by atoms with Crippen LogP contribution in [0.1, 0.15) is 0 Å². The third-order valence-corrected chi connectivity index (χ3v) is 9.03. The summed E-state index contributed by atoms with van der Waals surface area (Å²) in [5.74, 6) is 0. The molecular formula is C48H36N6. The van der Waals surface area contributed by atoms with Gasteiger partial charge in [0.05, 0.1) is 22.7 Å². The Kier molecular flexibility index (Phi) is 10.2. The number of hydrazine groups is 1. The maximum absolute atomic E-state index is 4.82. The fourth-order valence-corrected chi connectivity index (χ4v) is 6.12. The van der Waals surface area contributed by atoms with Crippen molar-refractivity contribution in [3.05, 3.63) is 218 Å². The number of nitrogens with zero attached hydrogens (tertiary/aromatic N) is 6. The Bertz CT molecular complexity index is 2250. The molecule has 6 nitrogen and oxygen atoms in total. The first-order valence-electron chi connectivity index (χ1n) is 17.8. The topological polar surface area (TPSA) is 55.9 Å². The predicted molar refractivity (Wildman–Crippen MR) is 222 cm³/mol. The molecule has 0 fully saturated rings. The minimum Gasteiger partial charge on any atom is -0.131 e. The molecule has 0 atom stereocenters. The fraction of sp³-hybridized carbons (Fsp3) is 0. The Labute approximate surface area is 315 Å². The number of hydrogen-bond acceptors (Lipinski definition) is 4. The lowest BCUT2D eigenvalue weighted by Crippen LogP contribution is -2.34. The van der Waals surface area contributed by atoms with E-state index in [-0.39, 0.29) is 0 Å². The van der Waals surface area contributed by atoms with Crippen molar-refractivity contribution in [1.29, 1.82) is 0 Å². The van der Waals surface area contributed by atoms with Crippen molar-refractivity contribution >= 4 is 22.7 Å². The van der Waals surface area contributed by atoms with E-state index >= 15 is 0 Å². The van der Waals surface area contributed by atoms with Crippen LogP contribution in [0.25, 0.3) is 44.5 Å². The average molecular weight is 697 g/mol. The molecule has 0 saturated carbocycles. The molecule has 8 aromatic rings. The van der Waals surface area contributed by atoms with Gasteiger partial charge < -0.3 is 0 Å². The Morgan fingerprint density at radius 1 is 0.222 bits per heavy atom. The number of anilines is 2. The van der Waals surface area contributed by atoms with Crippen molar-refractivity contribution in [2.24, 2.45) is 20.7 Å². The van der Waals surface area contributed by atoms with E-state index in [9.17, 15) is 0 Å². The monoisotopic (exact) mass is 696 g/mol. The second kappa shape index (κ2) is 16.3. The highest BCUT2D eigenvalue weighted by molar-refractivity contribution is 5.70. The molecule has 0 aromatic heterocycles. The molecule has 0 N–H and O–H groups in total. The van der Waals surface area contributed by atoms with Crippen LogP contribution in [0.3, 0.4) is 0 Å². The average Bonchev–Trinajstić information content (AvgIpc) is 3.26. The summed E-state index contributed by atoms with van der Waals surface area (Å²) in [6, 6.07) is 73.7.